The number of fused-ring (bicyclic) bond motifs is 1. The van der Waals surface area contributed by atoms with Crippen molar-refractivity contribution < 1.29 is 0 Å². The average Bonchev–Trinajstić information content (AvgIpc) is 3.11. The fourth-order valence-electron chi connectivity index (χ4n) is 2.30. The molecular formula is C15H12N6. The Kier molecular flexibility index (Phi) is 2.47. The molecule has 3 N–H and O–H groups in total. The third-order valence-corrected chi connectivity index (χ3v) is 3.35. The molecule has 0 aliphatic heterocycles. The lowest BCUT2D eigenvalue weighted by atomic mass is 10.3. The highest BCUT2D eigenvalue weighted by atomic mass is 15.3. The number of hydrogen-bond acceptors (Lipinski definition) is 4. The number of nitrogen functional groups attached to an aromatic ring is 1. The first-order valence-electron chi connectivity index (χ1n) is 6.52. The van der Waals surface area contributed by atoms with Crippen LogP contribution < -0.4 is 5.73 Å². The first-order valence-corrected chi connectivity index (χ1v) is 6.52. The Morgan fingerprint density at radius 2 is 1.90 bits per heavy atom. The van der Waals surface area contributed by atoms with Crippen LogP contribution in [0.15, 0.2) is 55.0 Å². The molecule has 21 heavy (non-hydrogen) atoms. The molecule has 6 heteroatoms. The fraction of sp³-hybridized carbons (Fsp3) is 0. The first kappa shape index (κ1) is 11.7. The number of H-pyrrole nitrogens is 1. The van der Waals surface area contributed by atoms with E-state index in [-0.39, 0.29) is 0 Å². The van der Waals surface area contributed by atoms with E-state index in [1.807, 2.05) is 36.4 Å². The van der Waals surface area contributed by atoms with Crippen molar-refractivity contribution in [3.63, 3.8) is 0 Å². The van der Waals surface area contributed by atoms with Gasteiger partial charge in [0.25, 0.3) is 0 Å². The smallest absolute Gasteiger partial charge is 0.143 e. The van der Waals surface area contributed by atoms with Gasteiger partial charge in [0.1, 0.15) is 11.6 Å². The highest BCUT2D eigenvalue weighted by Gasteiger charge is 2.14. The topological polar surface area (TPSA) is 85.4 Å². The van der Waals surface area contributed by atoms with Crippen molar-refractivity contribution >= 4 is 16.9 Å². The van der Waals surface area contributed by atoms with Gasteiger partial charge < -0.3 is 10.7 Å². The molecule has 102 valence electrons. The Balaban J connectivity index is 1.85. The number of benzene rings is 1. The summed E-state index contributed by atoms with van der Waals surface area (Å²) >= 11 is 0. The van der Waals surface area contributed by atoms with Gasteiger partial charge in [-0.3, -0.25) is 4.98 Å². The highest BCUT2D eigenvalue weighted by molar-refractivity contribution is 5.81. The third kappa shape index (κ3) is 1.85. The average molecular weight is 276 g/mol. The standard InChI is InChI=1S/C15H12N6/c16-14-11(8-18-21(14)10-4-2-1-3-5-10)15-19-12-6-7-17-9-13(12)20-15/h1-9H,16H2,(H,19,20). The zero-order valence-corrected chi connectivity index (χ0v) is 11.1. The summed E-state index contributed by atoms with van der Waals surface area (Å²) in [6, 6.07) is 11.6. The van der Waals surface area contributed by atoms with Gasteiger partial charge in [0.15, 0.2) is 0 Å². The summed E-state index contributed by atoms with van der Waals surface area (Å²) in [4.78, 5) is 11.8. The second-order valence-corrected chi connectivity index (χ2v) is 4.67. The van der Waals surface area contributed by atoms with Crippen LogP contribution in [-0.2, 0) is 0 Å². The third-order valence-electron chi connectivity index (χ3n) is 3.35. The van der Waals surface area contributed by atoms with Crippen LogP contribution in [0.2, 0.25) is 0 Å². The minimum atomic E-state index is 0.549. The fourth-order valence-corrected chi connectivity index (χ4v) is 2.30. The predicted molar refractivity (Wildman–Crippen MR) is 80.9 cm³/mol. The first-order chi connectivity index (χ1) is 10.3. The Hall–Kier alpha value is -3.15. The molecule has 0 radical (unpaired) electrons. The second-order valence-electron chi connectivity index (χ2n) is 4.67. The van der Waals surface area contributed by atoms with Crippen molar-refractivity contribution in [3.8, 4) is 17.1 Å². The largest absolute Gasteiger partial charge is 0.383 e. The van der Waals surface area contributed by atoms with Gasteiger partial charge >= 0.3 is 0 Å². The summed E-state index contributed by atoms with van der Waals surface area (Å²) < 4.78 is 1.70. The molecule has 4 rings (SSSR count). The van der Waals surface area contributed by atoms with E-state index < -0.39 is 0 Å². The Bertz CT molecular complexity index is 873. The van der Waals surface area contributed by atoms with E-state index >= 15 is 0 Å². The summed E-state index contributed by atoms with van der Waals surface area (Å²) in [5.74, 6) is 1.24. The molecule has 0 atom stereocenters. The summed E-state index contributed by atoms with van der Waals surface area (Å²) in [7, 11) is 0. The summed E-state index contributed by atoms with van der Waals surface area (Å²) in [6.07, 6.45) is 5.17. The Labute approximate surface area is 120 Å². The van der Waals surface area contributed by atoms with Crippen LogP contribution in [0.1, 0.15) is 0 Å². The van der Waals surface area contributed by atoms with Crippen LogP contribution in [0.5, 0.6) is 0 Å². The van der Waals surface area contributed by atoms with Crippen molar-refractivity contribution in [2.45, 2.75) is 0 Å². The van der Waals surface area contributed by atoms with Crippen molar-refractivity contribution in [2.75, 3.05) is 5.73 Å². The summed E-state index contributed by atoms with van der Waals surface area (Å²) in [5.41, 5.74) is 9.63. The van der Waals surface area contributed by atoms with E-state index in [0.29, 0.717) is 11.6 Å². The van der Waals surface area contributed by atoms with E-state index in [1.165, 1.54) is 0 Å². The number of para-hydroxylation sites is 1. The molecule has 0 aliphatic carbocycles. The van der Waals surface area contributed by atoms with Crippen LogP contribution in [-0.4, -0.2) is 24.7 Å². The quantitative estimate of drug-likeness (QED) is 0.588. The summed E-state index contributed by atoms with van der Waals surface area (Å²) in [5, 5.41) is 4.35. The van der Waals surface area contributed by atoms with Crippen molar-refractivity contribution in [1.82, 2.24) is 24.7 Å². The molecule has 3 heterocycles. The normalized spacial score (nSPS) is 11.0. The lowest BCUT2D eigenvalue weighted by molar-refractivity contribution is 0.891. The van der Waals surface area contributed by atoms with Crippen LogP contribution in [0.3, 0.4) is 0 Å². The van der Waals surface area contributed by atoms with Gasteiger partial charge in [-0.25, -0.2) is 9.67 Å². The number of nitrogens with one attached hydrogen (secondary N) is 1. The van der Waals surface area contributed by atoms with Gasteiger partial charge in [-0.15, -0.1) is 0 Å². The van der Waals surface area contributed by atoms with Gasteiger partial charge in [0.2, 0.25) is 0 Å². The molecule has 1 aromatic carbocycles. The molecule has 0 amide bonds. The van der Waals surface area contributed by atoms with Crippen molar-refractivity contribution in [1.29, 1.82) is 0 Å². The number of aromatic nitrogens is 5. The van der Waals surface area contributed by atoms with Gasteiger partial charge in [-0.1, -0.05) is 18.2 Å². The van der Waals surface area contributed by atoms with E-state index in [4.69, 9.17) is 5.73 Å². The predicted octanol–water partition coefficient (Wildman–Crippen LogP) is 2.39. The van der Waals surface area contributed by atoms with Gasteiger partial charge in [0.05, 0.1) is 34.7 Å². The summed E-state index contributed by atoms with van der Waals surface area (Å²) in [6.45, 7) is 0. The molecule has 0 spiro atoms. The van der Waals surface area contributed by atoms with Crippen molar-refractivity contribution in [3.05, 3.63) is 55.0 Å². The Morgan fingerprint density at radius 3 is 2.71 bits per heavy atom. The SMILES string of the molecule is Nc1c(-c2nc3ccncc3[nH]2)cnn1-c1ccccc1. The van der Waals surface area contributed by atoms with Crippen LogP contribution in [0, 0.1) is 0 Å². The number of hydrogen-bond donors (Lipinski definition) is 2. The van der Waals surface area contributed by atoms with Crippen LogP contribution in [0.25, 0.3) is 28.1 Å². The maximum atomic E-state index is 6.21. The number of nitrogens with two attached hydrogens (primary N) is 1. The monoisotopic (exact) mass is 276 g/mol. The molecule has 0 bridgehead atoms. The van der Waals surface area contributed by atoms with Crippen LogP contribution >= 0.6 is 0 Å². The van der Waals surface area contributed by atoms with E-state index in [2.05, 4.69) is 20.1 Å². The number of rotatable bonds is 2. The zero-order chi connectivity index (χ0) is 14.2. The van der Waals surface area contributed by atoms with E-state index in [1.54, 1.807) is 23.3 Å². The lowest BCUT2D eigenvalue weighted by Gasteiger charge is -2.03. The van der Waals surface area contributed by atoms with Gasteiger partial charge in [-0.2, -0.15) is 5.10 Å². The molecule has 3 aromatic heterocycles. The van der Waals surface area contributed by atoms with Crippen molar-refractivity contribution in [2.24, 2.45) is 0 Å². The highest BCUT2D eigenvalue weighted by Crippen LogP contribution is 2.26. The maximum absolute atomic E-state index is 6.21. The number of pyridine rings is 1. The molecule has 0 saturated carbocycles. The van der Waals surface area contributed by atoms with E-state index in [9.17, 15) is 0 Å². The second kappa shape index (κ2) is 4.45. The number of nitrogens with zero attached hydrogens (tertiary/aromatic N) is 4. The number of aromatic amines is 1. The molecule has 0 saturated heterocycles. The number of anilines is 1. The molecule has 0 unspecified atom stereocenters. The molecule has 6 nitrogen and oxygen atoms in total. The molecular weight excluding hydrogens is 264 g/mol. The lowest BCUT2D eigenvalue weighted by Crippen LogP contribution is -2.02. The van der Waals surface area contributed by atoms with E-state index in [0.717, 1.165) is 22.3 Å². The minimum Gasteiger partial charge on any atom is -0.383 e. The van der Waals surface area contributed by atoms with Gasteiger partial charge in [0, 0.05) is 6.20 Å². The minimum absolute atomic E-state index is 0.549. The Morgan fingerprint density at radius 1 is 1.05 bits per heavy atom. The van der Waals surface area contributed by atoms with Gasteiger partial charge in [-0.05, 0) is 18.2 Å². The number of imidazole rings is 1. The molecule has 4 aromatic rings. The van der Waals surface area contributed by atoms with Crippen LogP contribution in [0.4, 0.5) is 5.82 Å². The zero-order valence-electron chi connectivity index (χ0n) is 11.1. The molecule has 0 aliphatic rings. The maximum Gasteiger partial charge on any atom is 0.143 e. The molecule has 0 fully saturated rings.